The second-order valence-electron chi connectivity index (χ2n) is 7.39. The Hall–Kier alpha value is -1.85. The van der Waals surface area contributed by atoms with Crippen molar-refractivity contribution < 1.29 is 9.31 Å². The lowest BCUT2D eigenvalue weighted by molar-refractivity contribution is 0.00578. The van der Waals surface area contributed by atoms with E-state index in [2.05, 4.69) is 62.8 Å². The zero-order valence-corrected chi connectivity index (χ0v) is 14.2. The minimum Gasteiger partial charge on any atom is -0.399 e. The molecule has 23 heavy (non-hydrogen) atoms. The summed E-state index contributed by atoms with van der Waals surface area (Å²) in [7, 11) is -0.341. The zero-order valence-electron chi connectivity index (χ0n) is 14.2. The summed E-state index contributed by atoms with van der Waals surface area (Å²) in [5.74, 6) is 0. The lowest BCUT2D eigenvalue weighted by atomic mass is 9.78. The zero-order chi connectivity index (χ0) is 16.4. The Labute approximate surface area is 136 Å². The molecule has 1 saturated heterocycles. The Morgan fingerprint density at radius 3 is 2.48 bits per heavy atom. The second kappa shape index (κ2) is 4.59. The highest BCUT2D eigenvalue weighted by Gasteiger charge is 2.51. The Bertz CT molecular complexity index is 898. The van der Waals surface area contributed by atoms with Crippen molar-refractivity contribution in [3.8, 4) is 0 Å². The molecule has 0 unspecified atom stereocenters. The number of benzene rings is 1. The third kappa shape index (κ3) is 2.11. The van der Waals surface area contributed by atoms with Crippen LogP contribution in [0.15, 0.2) is 30.6 Å². The van der Waals surface area contributed by atoms with Crippen molar-refractivity contribution in [1.82, 2.24) is 9.97 Å². The minimum absolute atomic E-state index is 0.329. The molecule has 0 amide bonds. The quantitative estimate of drug-likeness (QED) is 0.702. The van der Waals surface area contributed by atoms with Crippen LogP contribution in [0.25, 0.3) is 21.8 Å². The average Bonchev–Trinajstić information content (AvgIpc) is 2.96. The number of hydrogen-bond donors (Lipinski definition) is 1. The molecule has 1 N–H and O–H groups in total. The maximum atomic E-state index is 6.18. The SMILES string of the molecule is Cc1c[nH]c2ncc3ccc(B4OC(C)(C)C(C)(C)O4)cc3c12. The monoisotopic (exact) mass is 308 g/mol. The van der Waals surface area contributed by atoms with Gasteiger partial charge >= 0.3 is 7.12 Å². The van der Waals surface area contributed by atoms with Crippen molar-refractivity contribution in [2.45, 2.75) is 45.8 Å². The first-order valence-electron chi connectivity index (χ1n) is 8.00. The van der Waals surface area contributed by atoms with Gasteiger partial charge in [-0.05, 0) is 51.0 Å². The summed E-state index contributed by atoms with van der Waals surface area (Å²) in [5, 5.41) is 3.47. The number of nitrogens with one attached hydrogen (secondary N) is 1. The van der Waals surface area contributed by atoms with Crippen molar-refractivity contribution in [3.63, 3.8) is 0 Å². The van der Waals surface area contributed by atoms with Crippen LogP contribution in [-0.2, 0) is 9.31 Å². The maximum absolute atomic E-state index is 6.18. The van der Waals surface area contributed by atoms with Gasteiger partial charge in [-0.2, -0.15) is 0 Å². The van der Waals surface area contributed by atoms with E-state index in [1.807, 2.05) is 12.4 Å². The third-order valence-electron chi connectivity index (χ3n) is 5.26. The van der Waals surface area contributed by atoms with E-state index in [1.165, 1.54) is 16.3 Å². The van der Waals surface area contributed by atoms with E-state index >= 15 is 0 Å². The molecular weight excluding hydrogens is 287 g/mol. The van der Waals surface area contributed by atoms with Crippen LogP contribution in [0.1, 0.15) is 33.3 Å². The molecule has 1 aromatic carbocycles. The molecule has 0 radical (unpaired) electrons. The van der Waals surface area contributed by atoms with Crippen LogP contribution in [0.4, 0.5) is 0 Å². The van der Waals surface area contributed by atoms with Crippen molar-refractivity contribution in [2.24, 2.45) is 0 Å². The topological polar surface area (TPSA) is 47.1 Å². The highest BCUT2D eigenvalue weighted by molar-refractivity contribution is 6.62. The van der Waals surface area contributed by atoms with E-state index in [-0.39, 0.29) is 18.3 Å². The first-order chi connectivity index (χ1) is 10.8. The van der Waals surface area contributed by atoms with E-state index in [9.17, 15) is 0 Å². The molecule has 0 bridgehead atoms. The molecule has 3 heterocycles. The molecule has 0 aliphatic carbocycles. The van der Waals surface area contributed by atoms with E-state index in [0.29, 0.717) is 0 Å². The Morgan fingerprint density at radius 1 is 1.09 bits per heavy atom. The fourth-order valence-electron chi connectivity index (χ4n) is 3.11. The number of nitrogens with zero attached hydrogens (tertiary/aromatic N) is 1. The van der Waals surface area contributed by atoms with Gasteiger partial charge in [0, 0.05) is 23.2 Å². The largest absolute Gasteiger partial charge is 0.494 e. The molecule has 1 aliphatic heterocycles. The summed E-state index contributed by atoms with van der Waals surface area (Å²) >= 11 is 0. The Balaban J connectivity index is 1.86. The van der Waals surface area contributed by atoms with Crippen molar-refractivity contribution in [3.05, 3.63) is 36.2 Å². The molecule has 1 aliphatic rings. The number of H-pyrrole nitrogens is 1. The number of aryl methyl sites for hydroxylation is 1. The van der Waals surface area contributed by atoms with Crippen LogP contribution in [0.3, 0.4) is 0 Å². The third-order valence-corrected chi connectivity index (χ3v) is 5.26. The first-order valence-corrected chi connectivity index (χ1v) is 8.00. The molecule has 2 aromatic heterocycles. The molecule has 4 nitrogen and oxygen atoms in total. The lowest BCUT2D eigenvalue weighted by Crippen LogP contribution is -2.41. The van der Waals surface area contributed by atoms with E-state index in [1.54, 1.807) is 0 Å². The lowest BCUT2D eigenvalue weighted by Gasteiger charge is -2.32. The smallest absolute Gasteiger partial charge is 0.399 e. The number of hydrogen-bond acceptors (Lipinski definition) is 3. The van der Waals surface area contributed by atoms with Crippen molar-refractivity contribution >= 4 is 34.4 Å². The maximum Gasteiger partial charge on any atom is 0.494 e. The standard InChI is InChI=1S/C18H21BN2O2/c1-11-9-20-16-15(11)14-8-13(7-6-12(14)10-21-16)19-22-17(2,3)18(4,5)23-19/h6-10H,1-5H3,(H,20,21). The number of fused-ring (bicyclic) bond motifs is 3. The van der Waals surface area contributed by atoms with E-state index in [0.717, 1.165) is 16.5 Å². The molecule has 0 saturated carbocycles. The van der Waals surface area contributed by atoms with Crippen LogP contribution in [0.5, 0.6) is 0 Å². The molecule has 5 heteroatoms. The van der Waals surface area contributed by atoms with Gasteiger partial charge in [0.05, 0.1) is 11.2 Å². The summed E-state index contributed by atoms with van der Waals surface area (Å²) < 4.78 is 12.4. The molecule has 4 rings (SSSR count). The Morgan fingerprint density at radius 2 is 1.78 bits per heavy atom. The summed E-state index contributed by atoms with van der Waals surface area (Å²) in [6.45, 7) is 10.4. The predicted molar refractivity (Wildman–Crippen MR) is 94.1 cm³/mol. The summed E-state index contributed by atoms with van der Waals surface area (Å²) in [4.78, 5) is 7.71. The molecule has 118 valence electrons. The number of pyridine rings is 1. The fourth-order valence-corrected chi connectivity index (χ4v) is 3.11. The molecule has 0 spiro atoms. The normalized spacial score (nSPS) is 19.8. The summed E-state index contributed by atoms with van der Waals surface area (Å²) in [6.07, 6.45) is 3.90. The number of aromatic amines is 1. The van der Waals surface area contributed by atoms with Crippen molar-refractivity contribution in [2.75, 3.05) is 0 Å². The van der Waals surface area contributed by atoms with Crippen LogP contribution in [-0.4, -0.2) is 28.3 Å². The van der Waals surface area contributed by atoms with E-state index < -0.39 is 0 Å². The number of aromatic nitrogens is 2. The second-order valence-corrected chi connectivity index (χ2v) is 7.39. The first kappa shape index (κ1) is 14.7. The minimum atomic E-state index is -0.341. The van der Waals surface area contributed by atoms with Gasteiger partial charge in [-0.25, -0.2) is 4.98 Å². The molecule has 0 atom stereocenters. The van der Waals surface area contributed by atoms with Gasteiger partial charge < -0.3 is 14.3 Å². The Kier molecular flexibility index (Phi) is 2.94. The number of rotatable bonds is 1. The molecule has 1 fully saturated rings. The van der Waals surface area contributed by atoms with Crippen molar-refractivity contribution in [1.29, 1.82) is 0 Å². The average molecular weight is 308 g/mol. The van der Waals surface area contributed by atoms with Crippen LogP contribution in [0.2, 0.25) is 0 Å². The highest BCUT2D eigenvalue weighted by atomic mass is 16.7. The van der Waals surface area contributed by atoms with Crippen LogP contribution >= 0.6 is 0 Å². The summed E-state index contributed by atoms with van der Waals surface area (Å²) in [5.41, 5.74) is 2.50. The van der Waals surface area contributed by atoms with Gasteiger partial charge in [-0.15, -0.1) is 0 Å². The van der Waals surface area contributed by atoms with Gasteiger partial charge in [0.1, 0.15) is 5.65 Å². The molecule has 3 aromatic rings. The van der Waals surface area contributed by atoms with Gasteiger partial charge in [-0.1, -0.05) is 18.2 Å². The highest BCUT2D eigenvalue weighted by Crippen LogP contribution is 2.36. The fraction of sp³-hybridized carbons (Fsp3) is 0.389. The van der Waals surface area contributed by atoms with Gasteiger partial charge in [0.2, 0.25) is 0 Å². The van der Waals surface area contributed by atoms with Crippen LogP contribution in [0, 0.1) is 6.92 Å². The molecular formula is C18H21BN2O2. The van der Waals surface area contributed by atoms with Gasteiger partial charge in [0.15, 0.2) is 0 Å². The van der Waals surface area contributed by atoms with Gasteiger partial charge in [0.25, 0.3) is 0 Å². The predicted octanol–water partition coefficient (Wildman–Crippen LogP) is 3.32. The summed E-state index contributed by atoms with van der Waals surface area (Å²) in [6, 6.07) is 6.33. The van der Waals surface area contributed by atoms with Gasteiger partial charge in [-0.3, -0.25) is 0 Å². The van der Waals surface area contributed by atoms with E-state index in [4.69, 9.17) is 9.31 Å². The van der Waals surface area contributed by atoms with Crippen LogP contribution < -0.4 is 5.46 Å².